The minimum Gasteiger partial charge on any atom is -0.352 e. The third kappa shape index (κ3) is 6.22. The van der Waals surface area contributed by atoms with Crippen molar-refractivity contribution in [2.24, 2.45) is 0 Å². The summed E-state index contributed by atoms with van der Waals surface area (Å²) in [6, 6.07) is 0. The maximum atomic E-state index is 7.80. The minimum atomic E-state index is -0.464. The average molecular weight is 172 g/mol. The van der Waals surface area contributed by atoms with Crippen molar-refractivity contribution >= 4 is 35.2 Å². The molecule has 0 amide bonds. The van der Waals surface area contributed by atoms with Crippen molar-refractivity contribution in [1.82, 2.24) is 0 Å². The van der Waals surface area contributed by atoms with Gasteiger partial charge in [-0.05, 0) is 0 Å². The van der Waals surface area contributed by atoms with Crippen LogP contribution in [0.5, 0.6) is 0 Å². The third-order valence-electron chi connectivity index (χ3n) is 0.290. The van der Waals surface area contributed by atoms with Crippen LogP contribution in [0.2, 0.25) is 0 Å². The van der Waals surface area contributed by atoms with Gasteiger partial charge in [-0.2, -0.15) is 0 Å². The highest BCUT2D eigenvalue weighted by molar-refractivity contribution is 7.94. The number of nitrogens with zero attached hydrogens (tertiary/aromatic N) is 1. The van der Waals surface area contributed by atoms with Gasteiger partial charge in [-0.15, -0.1) is 28.5 Å². The molecule has 0 rings (SSSR count). The third-order valence-corrected chi connectivity index (χ3v) is 1.63. The van der Waals surface area contributed by atoms with E-state index in [1.165, 1.54) is 6.26 Å². The predicted octanol–water partition coefficient (Wildman–Crippen LogP) is 1.94. The Morgan fingerprint density at radius 1 is 1.75 bits per heavy atom. The van der Waals surface area contributed by atoms with E-state index in [9.17, 15) is 0 Å². The highest BCUT2D eigenvalue weighted by atomic mass is 35.5. The van der Waals surface area contributed by atoms with E-state index < -0.39 is 4.84 Å². The van der Waals surface area contributed by atoms with Gasteiger partial charge in [0.15, 0.2) is 0 Å². The summed E-state index contributed by atoms with van der Waals surface area (Å²) in [5.74, 6) is 0.413. The summed E-state index contributed by atoms with van der Waals surface area (Å²) >= 11 is 11.5. The number of nitriles is 1. The van der Waals surface area contributed by atoms with Crippen molar-refractivity contribution in [2.45, 2.75) is 4.84 Å². The lowest BCUT2D eigenvalue weighted by Crippen LogP contribution is -1.89. The van der Waals surface area contributed by atoms with Gasteiger partial charge in [0, 0.05) is 0 Å². The van der Waals surface area contributed by atoms with Crippen LogP contribution in [0.3, 0.4) is 0 Å². The topological polar surface area (TPSA) is 33.0 Å². The highest BCUT2D eigenvalue weighted by Gasteiger charge is 1.97. The normalized spacial score (nSPS) is 8.75. The predicted molar refractivity (Wildman–Crippen MR) is 34.7 cm³/mol. The average Bonchev–Trinajstić information content (AvgIpc) is 1.66. The molecule has 0 atom stereocenters. The van der Waals surface area contributed by atoms with Crippen LogP contribution in [0.25, 0.3) is 0 Å². The highest BCUT2D eigenvalue weighted by Crippen LogP contribution is 2.10. The molecule has 0 aliphatic heterocycles. The van der Waals surface area contributed by atoms with Gasteiger partial charge >= 0.3 is 0 Å². The number of halogens is 2. The molecule has 8 heavy (non-hydrogen) atoms. The van der Waals surface area contributed by atoms with Gasteiger partial charge in [-0.25, -0.2) is 0 Å². The van der Waals surface area contributed by atoms with E-state index in [0.29, 0.717) is 5.75 Å². The molecule has 5 heteroatoms. The molecule has 0 aromatic carbocycles. The largest absolute Gasteiger partial charge is 0.352 e. The van der Waals surface area contributed by atoms with Crippen LogP contribution in [0.1, 0.15) is 0 Å². The lowest BCUT2D eigenvalue weighted by molar-refractivity contribution is 0.595. The second-order valence-corrected chi connectivity index (χ2v) is 2.86. The van der Waals surface area contributed by atoms with Crippen LogP contribution in [0.4, 0.5) is 0 Å². The fourth-order valence-electron chi connectivity index (χ4n) is 0.112. The van der Waals surface area contributed by atoms with E-state index in [0.717, 1.165) is 12.0 Å². The fourth-order valence-corrected chi connectivity index (χ4v) is 0.644. The van der Waals surface area contributed by atoms with Crippen molar-refractivity contribution in [3.63, 3.8) is 0 Å². The second kappa shape index (κ2) is 5.36. The Morgan fingerprint density at radius 3 is 2.75 bits per heavy atom. The Hall–Kier alpha value is 0.220. The first kappa shape index (κ1) is 8.22. The standard InChI is InChI=1S/C3H3Cl2NOS/c4-3(5)1-8-7-2-6/h3H,1H2. The summed E-state index contributed by atoms with van der Waals surface area (Å²) in [5, 5.41) is 7.80. The summed E-state index contributed by atoms with van der Waals surface area (Å²) in [7, 11) is 0. The van der Waals surface area contributed by atoms with Gasteiger partial charge in [0.25, 0.3) is 6.26 Å². The summed E-state index contributed by atoms with van der Waals surface area (Å²) in [4.78, 5) is -0.464. The quantitative estimate of drug-likeness (QED) is 0.282. The Balaban J connectivity index is 2.85. The van der Waals surface area contributed by atoms with Crippen molar-refractivity contribution < 1.29 is 4.18 Å². The Morgan fingerprint density at radius 2 is 2.38 bits per heavy atom. The first-order valence-electron chi connectivity index (χ1n) is 1.73. The molecular weight excluding hydrogens is 169 g/mol. The molecule has 2 nitrogen and oxygen atoms in total. The van der Waals surface area contributed by atoms with Crippen molar-refractivity contribution in [3.8, 4) is 6.26 Å². The maximum absolute atomic E-state index is 7.80. The molecule has 0 bridgehead atoms. The summed E-state index contributed by atoms with van der Waals surface area (Å²) in [5.41, 5.74) is 0. The lowest BCUT2D eigenvalue weighted by Gasteiger charge is -1.92. The van der Waals surface area contributed by atoms with E-state index >= 15 is 0 Å². The smallest absolute Gasteiger partial charge is 0.299 e. The van der Waals surface area contributed by atoms with Crippen molar-refractivity contribution in [3.05, 3.63) is 0 Å². The zero-order valence-corrected chi connectivity index (χ0v) is 6.13. The molecule has 0 aliphatic rings. The fraction of sp³-hybridized carbons (Fsp3) is 0.667. The van der Waals surface area contributed by atoms with Crippen LogP contribution in [0.15, 0.2) is 0 Å². The van der Waals surface area contributed by atoms with E-state index in [2.05, 4.69) is 4.18 Å². The molecular formula is C3H3Cl2NOS. The molecule has 0 radical (unpaired) electrons. The maximum Gasteiger partial charge on any atom is 0.299 e. The molecule has 0 saturated heterocycles. The van der Waals surface area contributed by atoms with E-state index in [-0.39, 0.29) is 0 Å². The van der Waals surface area contributed by atoms with E-state index in [1.54, 1.807) is 0 Å². The van der Waals surface area contributed by atoms with Crippen molar-refractivity contribution in [2.75, 3.05) is 5.75 Å². The molecule has 0 heterocycles. The SMILES string of the molecule is N#COSCC(Cl)Cl. The van der Waals surface area contributed by atoms with Crippen LogP contribution < -0.4 is 0 Å². The Kier molecular flexibility index (Phi) is 5.51. The van der Waals surface area contributed by atoms with Crippen LogP contribution in [-0.2, 0) is 4.18 Å². The molecule has 0 aromatic heterocycles. The molecule has 0 N–H and O–H groups in total. The molecule has 0 saturated carbocycles. The Bertz CT molecular complexity index is 91.8. The zero-order chi connectivity index (χ0) is 6.41. The second-order valence-electron chi connectivity index (χ2n) is 0.850. The van der Waals surface area contributed by atoms with Crippen LogP contribution in [-0.4, -0.2) is 10.6 Å². The molecule has 0 aliphatic carbocycles. The molecule has 0 spiro atoms. The van der Waals surface area contributed by atoms with Crippen molar-refractivity contribution in [1.29, 1.82) is 5.26 Å². The minimum absolute atomic E-state index is 0.413. The number of alkyl halides is 2. The number of rotatable bonds is 3. The Labute approximate surface area is 61.9 Å². The monoisotopic (exact) mass is 171 g/mol. The summed E-state index contributed by atoms with van der Waals surface area (Å²) in [6.45, 7) is 0. The lowest BCUT2D eigenvalue weighted by atomic mass is 10.9. The van der Waals surface area contributed by atoms with E-state index in [4.69, 9.17) is 28.5 Å². The zero-order valence-electron chi connectivity index (χ0n) is 3.80. The van der Waals surface area contributed by atoms with Gasteiger partial charge in [0.2, 0.25) is 0 Å². The van der Waals surface area contributed by atoms with Gasteiger partial charge in [-0.1, -0.05) is 0 Å². The van der Waals surface area contributed by atoms with Gasteiger partial charge in [0.05, 0.1) is 17.8 Å². The first-order valence-corrected chi connectivity index (χ1v) is 3.51. The molecule has 46 valence electrons. The number of hydrogen-bond donors (Lipinski definition) is 0. The first-order chi connectivity index (χ1) is 3.77. The van der Waals surface area contributed by atoms with Crippen LogP contribution in [0, 0.1) is 11.5 Å². The summed E-state index contributed by atoms with van der Waals surface area (Å²) in [6.07, 6.45) is 1.47. The van der Waals surface area contributed by atoms with Crippen LogP contribution >= 0.6 is 35.2 Å². The molecule has 0 aromatic rings. The van der Waals surface area contributed by atoms with Gasteiger partial charge in [-0.3, -0.25) is 0 Å². The molecule has 0 fully saturated rings. The summed E-state index contributed by atoms with van der Waals surface area (Å²) < 4.78 is 4.20. The van der Waals surface area contributed by atoms with Gasteiger partial charge in [0.1, 0.15) is 4.84 Å². The van der Waals surface area contributed by atoms with Gasteiger partial charge < -0.3 is 4.18 Å². The molecule has 0 unspecified atom stereocenters. The number of hydrogen-bond acceptors (Lipinski definition) is 3. The van der Waals surface area contributed by atoms with E-state index in [1.807, 2.05) is 0 Å².